The minimum atomic E-state index is -0.0994. The Labute approximate surface area is 147 Å². The normalized spacial score (nSPS) is 16.2. The Morgan fingerprint density at radius 2 is 1.96 bits per heavy atom. The lowest BCUT2D eigenvalue weighted by atomic mass is 10.2. The van der Waals surface area contributed by atoms with Crippen LogP contribution in [0.5, 0.6) is 11.5 Å². The third kappa shape index (κ3) is 5.01. The molecule has 3 rings (SSSR count). The predicted octanol–water partition coefficient (Wildman–Crippen LogP) is 3.65. The fourth-order valence-electron chi connectivity index (χ4n) is 2.44. The highest BCUT2D eigenvalue weighted by atomic mass is 16.5. The summed E-state index contributed by atoms with van der Waals surface area (Å²) in [5, 5.41) is 0. The summed E-state index contributed by atoms with van der Waals surface area (Å²) in [7, 11) is 0. The predicted molar refractivity (Wildman–Crippen MR) is 97.6 cm³/mol. The van der Waals surface area contributed by atoms with E-state index in [0.717, 1.165) is 29.2 Å². The van der Waals surface area contributed by atoms with Gasteiger partial charge in [-0.15, -0.1) is 0 Å². The molecule has 5 nitrogen and oxygen atoms in total. The van der Waals surface area contributed by atoms with Gasteiger partial charge in [0.05, 0.1) is 5.70 Å². The molecular formula is C20H22N2O3. The largest absolute Gasteiger partial charge is 0.489 e. The molecule has 0 saturated heterocycles. The molecule has 0 spiro atoms. The second-order valence-corrected chi connectivity index (χ2v) is 5.71. The van der Waals surface area contributed by atoms with Crippen LogP contribution in [0.2, 0.25) is 0 Å². The zero-order valence-electron chi connectivity index (χ0n) is 14.2. The van der Waals surface area contributed by atoms with Gasteiger partial charge < -0.3 is 19.9 Å². The van der Waals surface area contributed by atoms with Gasteiger partial charge in [0.1, 0.15) is 30.8 Å². The van der Waals surface area contributed by atoms with Gasteiger partial charge in [0.25, 0.3) is 6.02 Å². The summed E-state index contributed by atoms with van der Waals surface area (Å²) >= 11 is 0. The van der Waals surface area contributed by atoms with Crippen LogP contribution in [0.1, 0.15) is 18.9 Å². The van der Waals surface area contributed by atoms with Crippen molar-refractivity contribution in [2.24, 2.45) is 10.7 Å². The average molecular weight is 338 g/mol. The lowest BCUT2D eigenvalue weighted by molar-refractivity contribution is 0.240. The molecule has 130 valence electrons. The molecule has 0 radical (unpaired) electrons. The topological polar surface area (TPSA) is 66.1 Å². The third-order valence-corrected chi connectivity index (χ3v) is 3.74. The number of amidine groups is 1. The van der Waals surface area contributed by atoms with Crippen molar-refractivity contribution < 1.29 is 14.2 Å². The number of benzene rings is 2. The highest BCUT2D eigenvalue weighted by Crippen LogP contribution is 2.23. The minimum absolute atomic E-state index is 0.0994. The summed E-state index contributed by atoms with van der Waals surface area (Å²) in [6.45, 7) is 2.98. The molecule has 0 amide bonds. The van der Waals surface area contributed by atoms with Gasteiger partial charge in [0.2, 0.25) is 0 Å². The van der Waals surface area contributed by atoms with E-state index in [1.54, 1.807) is 0 Å². The number of aliphatic imine (C=N–C) groups is 1. The van der Waals surface area contributed by atoms with E-state index < -0.39 is 0 Å². The highest BCUT2D eigenvalue weighted by Gasteiger charge is 2.13. The van der Waals surface area contributed by atoms with Gasteiger partial charge in [-0.3, -0.25) is 0 Å². The average Bonchev–Trinajstić information content (AvgIpc) is 3.05. The maximum Gasteiger partial charge on any atom is 0.287 e. The smallest absolute Gasteiger partial charge is 0.287 e. The summed E-state index contributed by atoms with van der Waals surface area (Å²) in [4.78, 5) is 4.13. The molecule has 2 aromatic rings. The van der Waals surface area contributed by atoms with E-state index in [0.29, 0.717) is 13.2 Å². The van der Waals surface area contributed by atoms with Gasteiger partial charge in [-0.1, -0.05) is 43.3 Å². The molecule has 2 N–H and O–H groups in total. The summed E-state index contributed by atoms with van der Waals surface area (Å²) in [5.41, 5.74) is 7.44. The monoisotopic (exact) mass is 338 g/mol. The second-order valence-electron chi connectivity index (χ2n) is 5.71. The van der Waals surface area contributed by atoms with Crippen LogP contribution in [0.4, 0.5) is 0 Å². The first-order valence-corrected chi connectivity index (χ1v) is 8.34. The molecule has 0 saturated carbocycles. The Bertz CT molecular complexity index is 757. The van der Waals surface area contributed by atoms with Crippen LogP contribution in [0.15, 0.2) is 71.4 Å². The highest BCUT2D eigenvalue weighted by molar-refractivity contribution is 5.74. The van der Waals surface area contributed by atoms with E-state index in [1.165, 1.54) is 0 Å². The maximum absolute atomic E-state index is 6.03. The summed E-state index contributed by atoms with van der Waals surface area (Å²) in [6.07, 6.45) is 2.66. The Hall–Kier alpha value is -2.95. The van der Waals surface area contributed by atoms with E-state index in [9.17, 15) is 0 Å². The molecule has 2 aromatic carbocycles. The Morgan fingerprint density at radius 1 is 1.16 bits per heavy atom. The van der Waals surface area contributed by atoms with Crippen molar-refractivity contribution in [3.05, 3.63) is 71.9 Å². The summed E-state index contributed by atoms with van der Waals surface area (Å²) in [5.74, 6) is 1.53. The SMILES string of the molecule is CC[C@@H](/C=C1\COC(N)=N1)Oc1cccc(OCc2ccccc2)c1. The number of nitrogens with zero attached hydrogens (tertiary/aromatic N) is 1. The fraction of sp³-hybridized carbons (Fsp3) is 0.250. The van der Waals surface area contributed by atoms with E-state index in [-0.39, 0.29) is 12.1 Å². The quantitative estimate of drug-likeness (QED) is 0.837. The van der Waals surface area contributed by atoms with Crippen molar-refractivity contribution in [2.45, 2.75) is 26.1 Å². The Kier molecular flexibility index (Phi) is 5.57. The minimum Gasteiger partial charge on any atom is -0.489 e. The third-order valence-electron chi connectivity index (χ3n) is 3.74. The zero-order chi connectivity index (χ0) is 17.5. The first kappa shape index (κ1) is 16.9. The van der Waals surface area contributed by atoms with Crippen molar-refractivity contribution in [1.82, 2.24) is 0 Å². The lowest BCUT2D eigenvalue weighted by Crippen LogP contribution is -2.13. The number of hydrogen-bond acceptors (Lipinski definition) is 5. The van der Waals surface area contributed by atoms with Gasteiger partial charge in [-0.2, -0.15) is 4.99 Å². The first-order valence-electron chi connectivity index (χ1n) is 8.34. The van der Waals surface area contributed by atoms with Crippen LogP contribution >= 0.6 is 0 Å². The van der Waals surface area contributed by atoms with Crippen LogP contribution in [-0.4, -0.2) is 18.7 Å². The number of nitrogens with two attached hydrogens (primary N) is 1. The number of hydrogen-bond donors (Lipinski definition) is 1. The molecule has 1 aliphatic rings. The Balaban J connectivity index is 1.62. The van der Waals surface area contributed by atoms with Crippen LogP contribution in [0, 0.1) is 0 Å². The maximum atomic E-state index is 6.03. The van der Waals surface area contributed by atoms with Crippen molar-refractivity contribution >= 4 is 6.02 Å². The van der Waals surface area contributed by atoms with Crippen molar-refractivity contribution in [3.8, 4) is 11.5 Å². The van der Waals surface area contributed by atoms with Crippen LogP contribution in [0.3, 0.4) is 0 Å². The van der Waals surface area contributed by atoms with Gasteiger partial charge in [0, 0.05) is 6.07 Å². The molecule has 5 heteroatoms. The molecule has 0 aromatic heterocycles. The van der Waals surface area contributed by atoms with E-state index in [2.05, 4.69) is 11.9 Å². The molecule has 1 heterocycles. The van der Waals surface area contributed by atoms with Crippen molar-refractivity contribution in [1.29, 1.82) is 0 Å². The fourth-order valence-corrected chi connectivity index (χ4v) is 2.44. The van der Waals surface area contributed by atoms with Gasteiger partial charge in [0.15, 0.2) is 0 Å². The van der Waals surface area contributed by atoms with Crippen LogP contribution in [-0.2, 0) is 11.3 Å². The van der Waals surface area contributed by atoms with Crippen molar-refractivity contribution in [2.75, 3.05) is 6.61 Å². The molecule has 0 aliphatic carbocycles. The van der Waals surface area contributed by atoms with E-state index in [1.807, 2.05) is 60.7 Å². The first-order chi connectivity index (χ1) is 12.2. The standard InChI is InChI=1S/C20H22N2O3/c1-2-17(11-16-14-24-20(21)22-16)25-19-10-6-9-18(12-19)23-13-15-7-4-3-5-8-15/h3-12,17H,2,13-14H2,1H3,(H2,21,22)/b16-11+/t17-/m0/s1. The van der Waals surface area contributed by atoms with Gasteiger partial charge >= 0.3 is 0 Å². The molecule has 1 atom stereocenters. The molecule has 0 fully saturated rings. The molecule has 0 bridgehead atoms. The second kappa shape index (κ2) is 8.24. The van der Waals surface area contributed by atoms with Gasteiger partial charge in [-0.25, -0.2) is 0 Å². The summed E-state index contributed by atoms with van der Waals surface area (Å²) in [6, 6.07) is 17.9. The molecular weight excluding hydrogens is 316 g/mol. The molecule has 1 aliphatic heterocycles. The summed E-state index contributed by atoms with van der Waals surface area (Å²) < 4.78 is 17.0. The van der Waals surface area contributed by atoms with Gasteiger partial charge in [-0.05, 0) is 30.2 Å². The molecule has 25 heavy (non-hydrogen) atoms. The number of ether oxygens (including phenoxy) is 3. The zero-order valence-corrected chi connectivity index (χ0v) is 14.2. The van der Waals surface area contributed by atoms with E-state index in [4.69, 9.17) is 19.9 Å². The van der Waals surface area contributed by atoms with Crippen molar-refractivity contribution in [3.63, 3.8) is 0 Å². The van der Waals surface area contributed by atoms with Crippen LogP contribution < -0.4 is 15.2 Å². The Morgan fingerprint density at radius 3 is 2.68 bits per heavy atom. The van der Waals surface area contributed by atoms with Crippen LogP contribution in [0.25, 0.3) is 0 Å². The molecule has 0 unspecified atom stereocenters. The number of rotatable bonds is 7. The lowest BCUT2D eigenvalue weighted by Gasteiger charge is -2.15. The van der Waals surface area contributed by atoms with E-state index >= 15 is 0 Å².